The highest BCUT2D eigenvalue weighted by Crippen LogP contribution is 2.36. The van der Waals surface area contributed by atoms with E-state index in [0.29, 0.717) is 43.9 Å². The van der Waals surface area contributed by atoms with E-state index >= 15 is 0 Å². The van der Waals surface area contributed by atoms with Crippen molar-refractivity contribution in [3.63, 3.8) is 0 Å². The van der Waals surface area contributed by atoms with Crippen LogP contribution in [0.1, 0.15) is 46.5 Å². The molecule has 6 heteroatoms. The van der Waals surface area contributed by atoms with Gasteiger partial charge in [-0.15, -0.1) is 0 Å². The molecular formula is C19H30N2O4. The first kappa shape index (κ1) is 19.7. The Morgan fingerprint density at radius 3 is 2.80 bits per heavy atom. The van der Waals surface area contributed by atoms with Crippen LogP contribution in [0.15, 0.2) is 18.3 Å². The lowest BCUT2D eigenvalue weighted by molar-refractivity contribution is -0.147. The lowest BCUT2D eigenvalue weighted by atomic mass is 9.78. The fraction of sp³-hybridized carbons (Fsp3) is 0.684. The van der Waals surface area contributed by atoms with E-state index in [1.807, 2.05) is 13.8 Å². The Kier molecular flexibility index (Phi) is 7.65. The van der Waals surface area contributed by atoms with Crippen LogP contribution in [-0.4, -0.2) is 42.9 Å². The van der Waals surface area contributed by atoms with Crippen molar-refractivity contribution in [3.8, 4) is 5.88 Å². The summed E-state index contributed by atoms with van der Waals surface area (Å²) in [6.07, 6.45) is 5.30. The van der Waals surface area contributed by atoms with E-state index in [0.717, 1.165) is 25.7 Å². The van der Waals surface area contributed by atoms with Crippen molar-refractivity contribution in [2.45, 2.75) is 52.1 Å². The molecule has 1 aromatic rings. The fourth-order valence-electron chi connectivity index (χ4n) is 3.32. The van der Waals surface area contributed by atoms with E-state index in [4.69, 9.17) is 14.2 Å². The molecule has 1 fully saturated rings. The quantitative estimate of drug-likeness (QED) is 0.691. The van der Waals surface area contributed by atoms with Crippen LogP contribution in [0, 0.1) is 5.92 Å². The summed E-state index contributed by atoms with van der Waals surface area (Å²) in [4.78, 5) is 17.1. The largest absolute Gasteiger partial charge is 0.475 e. The van der Waals surface area contributed by atoms with E-state index in [1.54, 1.807) is 18.3 Å². The first-order valence-electron chi connectivity index (χ1n) is 9.21. The topological polar surface area (TPSA) is 69.7 Å². The molecule has 0 spiro atoms. The SMILES string of the molecule is CCOCCOc1ccc(NC(=O)[C@]2(OCC)CCC[C@@H](C)C2)cn1. The predicted molar refractivity (Wildman–Crippen MR) is 96.8 cm³/mol. The van der Waals surface area contributed by atoms with Crippen LogP contribution < -0.4 is 10.1 Å². The number of aromatic nitrogens is 1. The van der Waals surface area contributed by atoms with Crippen LogP contribution in [0.3, 0.4) is 0 Å². The number of anilines is 1. The van der Waals surface area contributed by atoms with Gasteiger partial charge in [0, 0.05) is 19.3 Å². The minimum atomic E-state index is -0.723. The molecule has 140 valence electrons. The number of amides is 1. The first-order valence-corrected chi connectivity index (χ1v) is 9.21. The number of nitrogens with one attached hydrogen (secondary N) is 1. The number of pyridine rings is 1. The average Bonchev–Trinajstić information content (AvgIpc) is 2.60. The molecule has 0 radical (unpaired) electrons. The second-order valence-electron chi connectivity index (χ2n) is 6.51. The zero-order valence-corrected chi connectivity index (χ0v) is 15.5. The van der Waals surface area contributed by atoms with Crippen molar-refractivity contribution in [2.75, 3.05) is 31.7 Å². The maximum atomic E-state index is 12.8. The van der Waals surface area contributed by atoms with Gasteiger partial charge in [0.2, 0.25) is 5.88 Å². The smallest absolute Gasteiger partial charge is 0.256 e. The maximum absolute atomic E-state index is 12.8. The van der Waals surface area contributed by atoms with Gasteiger partial charge in [0.15, 0.2) is 0 Å². The van der Waals surface area contributed by atoms with Crippen molar-refractivity contribution in [3.05, 3.63) is 18.3 Å². The Morgan fingerprint density at radius 1 is 1.32 bits per heavy atom. The summed E-state index contributed by atoms with van der Waals surface area (Å²) in [5.74, 6) is 0.932. The van der Waals surface area contributed by atoms with Crippen molar-refractivity contribution >= 4 is 11.6 Å². The minimum absolute atomic E-state index is 0.0762. The standard InChI is InChI=1S/C19H30N2O4/c1-4-23-11-12-24-17-9-8-16(14-20-17)21-18(22)19(25-5-2)10-6-7-15(3)13-19/h8-9,14-15H,4-7,10-13H2,1-3H3,(H,21,22)/t15-,19+/m1/s1. The van der Waals surface area contributed by atoms with Gasteiger partial charge in [-0.2, -0.15) is 0 Å². The van der Waals surface area contributed by atoms with Gasteiger partial charge in [-0.25, -0.2) is 4.98 Å². The van der Waals surface area contributed by atoms with Crippen LogP contribution in [0.4, 0.5) is 5.69 Å². The summed E-state index contributed by atoms with van der Waals surface area (Å²) in [5.41, 5.74) is -0.0709. The number of carbonyl (C=O) groups is 1. The van der Waals surface area contributed by atoms with Crippen LogP contribution in [0.2, 0.25) is 0 Å². The molecule has 1 heterocycles. The third-order valence-electron chi connectivity index (χ3n) is 4.47. The van der Waals surface area contributed by atoms with Crippen LogP contribution in [0.5, 0.6) is 5.88 Å². The molecule has 1 aliphatic carbocycles. The molecule has 0 saturated heterocycles. The van der Waals surface area contributed by atoms with Crippen LogP contribution in [-0.2, 0) is 14.3 Å². The van der Waals surface area contributed by atoms with E-state index in [9.17, 15) is 4.79 Å². The van der Waals surface area contributed by atoms with Gasteiger partial charge in [0.1, 0.15) is 12.2 Å². The molecule has 1 aromatic heterocycles. The van der Waals surface area contributed by atoms with Gasteiger partial charge < -0.3 is 19.5 Å². The molecule has 1 saturated carbocycles. The number of ether oxygens (including phenoxy) is 3. The summed E-state index contributed by atoms with van der Waals surface area (Å²) in [6.45, 7) is 8.24. The van der Waals surface area contributed by atoms with Gasteiger partial charge in [-0.05, 0) is 45.1 Å². The van der Waals surface area contributed by atoms with Crippen molar-refractivity contribution in [1.29, 1.82) is 0 Å². The number of hydrogen-bond donors (Lipinski definition) is 1. The summed E-state index contributed by atoms with van der Waals surface area (Å²) in [7, 11) is 0. The molecule has 1 amide bonds. The fourth-order valence-corrected chi connectivity index (χ4v) is 3.32. The normalized spacial score (nSPS) is 23.2. The molecule has 0 aromatic carbocycles. The third-order valence-corrected chi connectivity index (χ3v) is 4.47. The number of nitrogens with zero attached hydrogens (tertiary/aromatic N) is 1. The maximum Gasteiger partial charge on any atom is 0.256 e. The van der Waals surface area contributed by atoms with Gasteiger partial charge >= 0.3 is 0 Å². The van der Waals surface area contributed by atoms with Crippen molar-refractivity contribution in [1.82, 2.24) is 4.98 Å². The molecule has 25 heavy (non-hydrogen) atoms. The summed E-state index contributed by atoms with van der Waals surface area (Å²) in [6, 6.07) is 3.55. The molecule has 0 aliphatic heterocycles. The Bertz CT molecular complexity index is 531. The molecular weight excluding hydrogens is 320 g/mol. The Morgan fingerprint density at radius 2 is 2.16 bits per heavy atom. The summed E-state index contributed by atoms with van der Waals surface area (Å²) in [5, 5.41) is 2.95. The van der Waals surface area contributed by atoms with Gasteiger partial charge in [-0.3, -0.25) is 4.79 Å². The van der Waals surface area contributed by atoms with E-state index < -0.39 is 5.60 Å². The molecule has 2 rings (SSSR count). The second-order valence-corrected chi connectivity index (χ2v) is 6.51. The number of hydrogen-bond acceptors (Lipinski definition) is 5. The number of carbonyl (C=O) groups excluding carboxylic acids is 1. The lowest BCUT2D eigenvalue weighted by Gasteiger charge is -2.38. The van der Waals surface area contributed by atoms with Crippen molar-refractivity contribution in [2.24, 2.45) is 5.92 Å². The molecule has 0 bridgehead atoms. The minimum Gasteiger partial charge on any atom is -0.475 e. The van der Waals surface area contributed by atoms with Gasteiger partial charge in [0.05, 0.1) is 18.5 Å². The van der Waals surface area contributed by atoms with Crippen molar-refractivity contribution < 1.29 is 19.0 Å². The summed E-state index contributed by atoms with van der Waals surface area (Å²) < 4.78 is 16.6. The predicted octanol–water partition coefficient (Wildman–Crippen LogP) is 3.42. The van der Waals surface area contributed by atoms with Crippen LogP contribution >= 0.6 is 0 Å². The van der Waals surface area contributed by atoms with Gasteiger partial charge in [-0.1, -0.05) is 13.3 Å². The zero-order valence-electron chi connectivity index (χ0n) is 15.5. The monoisotopic (exact) mass is 350 g/mol. The average molecular weight is 350 g/mol. The van der Waals surface area contributed by atoms with E-state index in [2.05, 4.69) is 17.2 Å². The summed E-state index contributed by atoms with van der Waals surface area (Å²) >= 11 is 0. The molecule has 1 N–H and O–H groups in total. The Labute approximate surface area is 150 Å². The lowest BCUT2D eigenvalue weighted by Crippen LogP contribution is -2.48. The zero-order chi connectivity index (χ0) is 18.1. The Hall–Kier alpha value is -1.66. The number of rotatable bonds is 9. The molecule has 1 aliphatic rings. The molecule has 2 atom stereocenters. The van der Waals surface area contributed by atoms with E-state index in [-0.39, 0.29) is 5.91 Å². The van der Waals surface area contributed by atoms with Gasteiger partial charge in [0.25, 0.3) is 5.91 Å². The highest BCUT2D eigenvalue weighted by molar-refractivity contribution is 5.97. The molecule has 6 nitrogen and oxygen atoms in total. The highest BCUT2D eigenvalue weighted by Gasteiger charge is 2.42. The Balaban J connectivity index is 1.94. The molecule has 0 unspecified atom stereocenters. The van der Waals surface area contributed by atoms with E-state index in [1.165, 1.54) is 0 Å². The van der Waals surface area contributed by atoms with Crippen LogP contribution in [0.25, 0.3) is 0 Å². The third kappa shape index (κ3) is 5.68. The second kappa shape index (κ2) is 9.73. The highest BCUT2D eigenvalue weighted by atomic mass is 16.5. The first-order chi connectivity index (χ1) is 12.1.